The molecule has 8 heteroatoms. The number of halogens is 1. The van der Waals surface area contributed by atoms with E-state index in [4.69, 9.17) is 0 Å². The minimum absolute atomic E-state index is 0.00874. The Morgan fingerprint density at radius 2 is 1.73 bits per heavy atom. The van der Waals surface area contributed by atoms with Crippen molar-refractivity contribution in [1.29, 1.82) is 0 Å². The Hall–Kier alpha value is -3.65. The summed E-state index contributed by atoms with van der Waals surface area (Å²) < 4.78 is 2.50. The highest BCUT2D eigenvalue weighted by Gasteiger charge is 2.37. The van der Waals surface area contributed by atoms with Crippen molar-refractivity contribution < 1.29 is 9.59 Å². The van der Waals surface area contributed by atoms with E-state index in [1.165, 1.54) is 0 Å². The Bertz CT molecular complexity index is 1430. The number of carbonyl (C=O) groups is 2. The fourth-order valence-electron chi connectivity index (χ4n) is 5.25. The molecular formula is C29H29BrN4O3. The minimum atomic E-state index is -0.355. The molecule has 0 aliphatic carbocycles. The van der Waals surface area contributed by atoms with E-state index in [-0.39, 0.29) is 34.9 Å². The molecule has 2 bridgehead atoms. The Labute approximate surface area is 224 Å². The van der Waals surface area contributed by atoms with Gasteiger partial charge in [-0.25, -0.2) is 0 Å². The van der Waals surface area contributed by atoms with E-state index in [9.17, 15) is 14.4 Å². The number of pyridine rings is 1. The van der Waals surface area contributed by atoms with Crippen molar-refractivity contribution in [3.8, 4) is 0 Å². The Morgan fingerprint density at radius 1 is 0.973 bits per heavy atom. The molecule has 2 aromatic carbocycles. The van der Waals surface area contributed by atoms with Crippen molar-refractivity contribution in [2.75, 3.05) is 32.1 Å². The zero-order chi connectivity index (χ0) is 26.1. The number of likely N-dealkylation sites (tertiary alicyclic amines) is 1. The largest absolute Gasteiger partial charge is 0.378 e. The molecule has 5 rings (SSSR count). The highest BCUT2D eigenvalue weighted by atomic mass is 79.9. The van der Waals surface area contributed by atoms with Gasteiger partial charge in [0.1, 0.15) is 5.70 Å². The maximum atomic E-state index is 13.9. The summed E-state index contributed by atoms with van der Waals surface area (Å²) in [6, 6.07) is 20.3. The number of nitrogens with zero attached hydrogens (tertiary/aromatic N) is 3. The number of benzene rings is 2. The molecule has 2 aliphatic rings. The molecule has 2 aliphatic heterocycles. The predicted molar refractivity (Wildman–Crippen MR) is 148 cm³/mol. The summed E-state index contributed by atoms with van der Waals surface area (Å²) in [6.45, 7) is 1.64. The average molecular weight is 561 g/mol. The smallest absolute Gasteiger partial charge is 0.270 e. The van der Waals surface area contributed by atoms with E-state index < -0.39 is 0 Å². The van der Waals surface area contributed by atoms with Crippen molar-refractivity contribution in [2.24, 2.45) is 5.92 Å². The van der Waals surface area contributed by atoms with E-state index >= 15 is 0 Å². The summed E-state index contributed by atoms with van der Waals surface area (Å²) in [5, 5.41) is 2.89. The van der Waals surface area contributed by atoms with E-state index in [0.29, 0.717) is 29.7 Å². The second-order valence-electron chi connectivity index (χ2n) is 9.89. The molecule has 1 fully saturated rings. The number of anilines is 1. The second kappa shape index (κ2) is 10.4. The molecule has 2 atom stereocenters. The molecule has 0 radical (unpaired) electrons. The third kappa shape index (κ3) is 5.25. The number of aromatic nitrogens is 1. The first-order valence-electron chi connectivity index (χ1n) is 12.3. The van der Waals surface area contributed by atoms with Crippen LogP contribution in [0.1, 0.15) is 34.0 Å². The van der Waals surface area contributed by atoms with Crippen LogP contribution < -0.4 is 15.8 Å². The Kier molecular flexibility index (Phi) is 7.02. The van der Waals surface area contributed by atoms with Crippen LogP contribution in [0.5, 0.6) is 0 Å². The van der Waals surface area contributed by atoms with Gasteiger partial charge in [0.25, 0.3) is 17.4 Å². The molecule has 0 saturated carbocycles. The third-order valence-electron chi connectivity index (χ3n) is 7.08. The molecule has 7 nitrogen and oxygen atoms in total. The first-order chi connectivity index (χ1) is 17.8. The molecule has 3 heterocycles. The Balaban J connectivity index is 1.45. The molecule has 1 N–H and O–H groups in total. The lowest BCUT2D eigenvalue weighted by Crippen LogP contribution is -2.50. The molecule has 1 aromatic heterocycles. The van der Waals surface area contributed by atoms with E-state index in [1.807, 2.05) is 64.9 Å². The standard InChI is InChI=1S/C29H29BrN4O3/c1-32(2)22-12-10-19(11-13-22)15-25(31-28(36)23-6-3-4-7-24(23)30)29(37)33-16-20-14-21(18-33)26-8-5-9-27(35)34(26)17-20/h3-13,15,20-21H,14,16-18H2,1-2H3,(H,31,36)/b25-15-. The molecule has 37 heavy (non-hydrogen) atoms. The summed E-state index contributed by atoms with van der Waals surface area (Å²) >= 11 is 3.43. The van der Waals surface area contributed by atoms with Crippen molar-refractivity contribution in [2.45, 2.75) is 18.9 Å². The number of nitrogens with one attached hydrogen (secondary N) is 1. The summed E-state index contributed by atoms with van der Waals surface area (Å²) in [4.78, 5) is 43.3. The normalized spacial score (nSPS) is 18.7. The molecule has 1 saturated heterocycles. The van der Waals surface area contributed by atoms with Crippen molar-refractivity contribution >= 4 is 39.5 Å². The fourth-order valence-corrected chi connectivity index (χ4v) is 5.72. The number of piperidine rings is 1. The van der Waals surface area contributed by atoms with Crippen LogP contribution in [0.25, 0.3) is 6.08 Å². The minimum Gasteiger partial charge on any atom is -0.378 e. The van der Waals surface area contributed by atoms with Crippen LogP contribution in [0, 0.1) is 5.92 Å². The second-order valence-corrected chi connectivity index (χ2v) is 10.7. The van der Waals surface area contributed by atoms with Gasteiger partial charge in [-0.05, 0) is 70.2 Å². The van der Waals surface area contributed by atoms with Crippen LogP contribution in [-0.4, -0.2) is 48.5 Å². The van der Waals surface area contributed by atoms with Crippen LogP contribution in [0.2, 0.25) is 0 Å². The Morgan fingerprint density at radius 3 is 2.46 bits per heavy atom. The van der Waals surface area contributed by atoms with Crippen LogP contribution in [0.3, 0.4) is 0 Å². The van der Waals surface area contributed by atoms with Gasteiger partial charge >= 0.3 is 0 Å². The molecule has 0 spiro atoms. The summed E-state index contributed by atoms with van der Waals surface area (Å²) in [6.07, 6.45) is 2.68. The number of rotatable bonds is 5. The van der Waals surface area contributed by atoms with Gasteiger partial charge in [0.2, 0.25) is 0 Å². The first-order valence-corrected chi connectivity index (χ1v) is 13.1. The van der Waals surface area contributed by atoms with Gasteiger partial charge in [-0.1, -0.05) is 30.3 Å². The SMILES string of the molecule is CN(C)c1ccc(/C=C(\NC(=O)c2ccccc2Br)C(=O)N2CC3CC(C2)c2cccc(=O)n2C3)cc1. The number of fused-ring (bicyclic) bond motifs is 4. The van der Waals surface area contributed by atoms with Gasteiger partial charge in [-0.15, -0.1) is 0 Å². The van der Waals surface area contributed by atoms with E-state index in [1.54, 1.807) is 36.4 Å². The van der Waals surface area contributed by atoms with Crippen LogP contribution >= 0.6 is 15.9 Å². The van der Waals surface area contributed by atoms with Crippen LogP contribution in [-0.2, 0) is 11.3 Å². The van der Waals surface area contributed by atoms with Crippen molar-refractivity contribution in [3.05, 3.63) is 104 Å². The van der Waals surface area contributed by atoms with Gasteiger partial charge in [0, 0.05) is 61.6 Å². The number of carbonyl (C=O) groups excluding carboxylic acids is 2. The average Bonchev–Trinajstić information content (AvgIpc) is 2.89. The maximum Gasteiger partial charge on any atom is 0.270 e. The summed E-state index contributed by atoms with van der Waals surface area (Å²) in [7, 11) is 3.94. The monoisotopic (exact) mass is 560 g/mol. The third-order valence-corrected chi connectivity index (χ3v) is 7.78. The lowest BCUT2D eigenvalue weighted by molar-refractivity contribution is -0.130. The van der Waals surface area contributed by atoms with Gasteiger partial charge < -0.3 is 19.7 Å². The highest BCUT2D eigenvalue weighted by molar-refractivity contribution is 9.10. The van der Waals surface area contributed by atoms with Gasteiger partial charge in [-0.2, -0.15) is 0 Å². The molecule has 190 valence electrons. The topological polar surface area (TPSA) is 74.7 Å². The lowest BCUT2D eigenvalue weighted by atomic mass is 9.83. The van der Waals surface area contributed by atoms with Crippen molar-refractivity contribution in [3.63, 3.8) is 0 Å². The quantitative estimate of drug-likeness (QED) is 0.477. The molecule has 3 aromatic rings. The maximum absolute atomic E-state index is 13.9. The highest BCUT2D eigenvalue weighted by Crippen LogP contribution is 2.35. The van der Waals surface area contributed by atoms with Crippen LogP contribution in [0.4, 0.5) is 5.69 Å². The predicted octanol–water partition coefficient (Wildman–Crippen LogP) is 4.09. The number of hydrogen-bond donors (Lipinski definition) is 1. The van der Waals surface area contributed by atoms with Gasteiger partial charge in [-0.3, -0.25) is 14.4 Å². The number of hydrogen-bond acceptors (Lipinski definition) is 4. The molecule has 2 unspecified atom stereocenters. The van der Waals surface area contributed by atoms with Crippen LogP contribution in [0.15, 0.2) is 81.7 Å². The zero-order valence-corrected chi connectivity index (χ0v) is 22.4. The van der Waals surface area contributed by atoms with Gasteiger partial charge in [0.05, 0.1) is 5.56 Å². The van der Waals surface area contributed by atoms with Crippen molar-refractivity contribution in [1.82, 2.24) is 14.8 Å². The first kappa shape index (κ1) is 25.0. The lowest BCUT2D eigenvalue weighted by Gasteiger charge is -2.43. The summed E-state index contributed by atoms with van der Waals surface area (Å²) in [5.41, 5.74) is 3.52. The fraction of sp³-hybridized carbons (Fsp3) is 0.276. The number of amides is 2. The molecule has 2 amide bonds. The van der Waals surface area contributed by atoms with E-state index in [2.05, 4.69) is 21.2 Å². The van der Waals surface area contributed by atoms with Gasteiger partial charge in [0.15, 0.2) is 0 Å². The zero-order valence-electron chi connectivity index (χ0n) is 20.9. The summed E-state index contributed by atoms with van der Waals surface area (Å²) in [5.74, 6) is -0.301. The van der Waals surface area contributed by atoms with E-state index in [0.717, 1.165) is 23.4 Å². The molecular weight excluding hydrogens is 532 g/mol.